The highest BCUT2D eigenvalue weighted by Gasteiger charge is 2.26. The average Bonchev–Trinajstić information content (AvgIpc) is 3.02. The number of pyridine rings is 1. The number of carbonyl (C=O) groups is 1. The third kappa shape index (κ3) is 3.54. The Morgan fingerprint density at radius 1 is 1.26 bits per heavy atom. The lowest BCUT2D eigenvalue weighted by Gasteiger charge is -2.29. The van der Waals surface area contributed by atoms with Crippen molar-refractivity contribution in [1.29, 1.82) is 0 Å². The summed E-state index contributed by atoms with van der Waals surface area (Å²) in [4.78, 5) is 19.9. The first-order valence-corrected chi connectivity index (χ1v) is 9.33. The maximum Gasteiger partial charge on any atom is 0.273 e. The van der Waals surface area contributed by atoms with Gasteiger partial charge in [-0.05, 0) is 49.6 Å². The lowest BCUT2D eigenvalue weighted by molar-refractivity contribution is 0.0713. The van der Waals surface area contributed by atoms with Gasteiger partial charge in [0.25, 0.3) is 5.91 Å². The Bertz CT molecular complexity index is 961. The lowest BCUT2D eigenvalue weighted by Crippen LogP contribution is -2.32. The van der Waals surface area contributed by atoms with E-state index in [-0.39, 0.29) is 11.9 Å². The van der Waals surface area contributed by atoms with E-state index in [2.05, 4.69) is 18.0 Å². The van der Waals surface area contributed by atoms with Crippen molar-refractivity contribution < 1.29 is 9.53 Å². The zero-order valence-corrected chi connectivity index (χ0v) is 16.7. The topological polar surface area (TPSA) is 46.8 Å². The van der Waals surface area contributed by atoms with E-state index in [1.165, 1.54) is 0 Å². The number of imidazole rings is 1. The molecule has 2 aromatic heterocycles. The molecule has 0 spiro atoms. The normalized spacial score (nSPS) is 12.2. The van der Waals surface area contributed by atoms with Crippen molar-refractivity contribution in [3.63, 3.8) is 0 Å². The zero-order chi connectivity index (χ0) is 19.6. The molecule has 0 saturated heterocycles. The van der Waals surface area contributed by atoms with Gasteiger partial charge in [0.2, 0.25) is 0 Å². The van der Waals surface area contributed by atoms with E-state index < -0.39 is 0 Å². The molecule has 3 aromatic rings. The van der Waals surface area contributed by atoms with Crippen molar-refractivity contribution in [2.24, 2.45) is 0 Å². The minimum absolute atomic E-state index is 0.0210. The van der Waals surface area contributed by atoms with Crippen LogP contribution in [-0.4, -0.2) is 34.3 Å². The average molecular weight is 365 g/mol. The summed E-state index contributed by atoms with van der Waals surface area (Å²) in [6.07, 6.45) is 3.76. The number of carbonyl (C=O) groups excluding carboxylic acids is 1. The van der Waals surface area contributed by atoms with Gasteiger partial charge >= 0.3 is 0 Å². The van der Waals surface area contributed by atoms with E-state index in [9.17, 15) is 4.79 Å². The molecule has 5 heteroatoms. The first-order chi connectivity index (χ1) is 13.0. The van der Waals surface area contributed by atoms with Gasteiger partial charge in [0.05, 0.1) is 18.8 Å². The number of fused-ring (bicyclic) bond motifs is 1. The Balaban J connectivity index is 2.02. The van der Waals surface area contributed by atoms with Crippen LogP contribution in [0.4, 0.5) is 0 Å². The summed E-state index contributed by atoms with van der Waals surface area (Å²) < 4.78 is 7.27. The number of aryl methyl sites for hydroxylation is 2. The monoisotopic (exact) mass is 365 g/mol. The Morgan fingerprint density at radius 2 is 2.04 bits per heavy atom. The molecule has 0 aliphatic heterocycles. The number of benzene rings is 1. The second kappa shape index (κ2) is 7.82. The first-order valence-electron chi connectivity index (χ1n) is 9.33. The Labute approximate surface area is 160 Å². The van der Waals surface area contributed by atoms with Gasteiger partial charge in [0.15, 0.2) is 0 Å². The maximum atomic E-state index is 13.4. The molecular formula is C22H27N3O2. The zero-order valence-electron chi connectivity index (χ0n) is 16.7. The third-order valence-electron chi connectivity index (χ3n) is 5.05. The number of hydrogen-bond donors (Lipinski definition) is 0. The van der Waals surface area contributed by atoms with Crippen molar-refractivity contribution in [3.8, 4) is 5.75 Å². The van der Waals surface area contributed by atoms with Crippen molar-refractivity contribution in [2.45, 2.75) is 39.7 Å². The highest BCUT2D eigenvalue weighted by molar-refractivity contribution is 5.95. The Morgan fingerprint density at radius 3 is 2.74 bits per heavy atom. The molecule has 0 saturated carbocycles. The van der Waals surface area contributed by atoms with Crippen molar-refractivity contribution >= 4 is 11.6 Å². The second-order valence-electron chi connectivity index (χ2n) is 6.93. The SMILES string of the molecule is CCC[C@@H](c1cccc(OC)c1)N(C)C(=O)c1c(C)nc2c(C)cccn12. The summed E-state index contributed by atoms with van der Waals surface area (Å²) in [7, 11) is 3.53. The van der Waals surface area contributed by atoms with Crippen LogP contribution >= 0.6 is 0 Å². The predicted octanol–water partition coefficient (Wildman–Crippen LogP) is 4.57. The molecule has 5 nitrogen and oxygen atoms in total. The van der Waals surface area contributed by atoms with Crippen LogP contribution in [0.1, 0.15) is 53.1 Å². The molecule has 0 bridgehead atoms. The van der Waals surface area contributed by atoms with Crippen LogP contribution in [0.15, 0.2) is 42.6 Å². The summed E-state index contributed by atoms with van der Waals surface area (Å²) in [5.74, 6) is 0.780. The predicted molar refractivity (Wildman–Crippen MR) is 107 cm³/mol. The molecule has 27 heavy (non-hydrogen) atoms. The Hall–Kier alpha value is -2.82. The van der Waals surface area contributed by atoms with E-state index in [0.717, 1.165) is 41.1 Å². The van der Waals surface area contributed by atoms with Crippen molar-refractivity contribution in [2.75, 3.05) is 14.2 Å². The van der Waals surface area contributed by atoms with Crippen LogP contribution in [0.3, 0.4) is 0 Å². The molecule has 1 atom stereocenters. The van der Waals surface area contributed by atoms with Crippen LogP contribution < -0.4 is 4.74 Å². The highest BCUT2D eigenvalue weighted by Crippen LogP contribution is 2.29. The summed E-state index contributed by atoms with van der Waals surface area (Å²) in [6.45, 7) is 6.04. The van der Waals surface area contributed by atoms with Gasteiger partial charge in [-0.2, -0.15) is 0 Å². The minimum Gasteiger partial charge on any atom is -0.497 e. The number of rotatable bonds is 6. The molecule has 2 heterocycles. The maximum absolute atomic E-state index is 13.4. The number of aromatic nitrogens is 2. The molecule has 142 valence electrons. The quantitative estimate of drug-likeness (QED) is 0.643. The molecule has 0 unspecified atom stereocenters. The van der Waals surface area contributed by atoms with E-state index >= 15 is 0 Å². The minimum atomic E-state index is -0.0214. The van der Waals surface area contributed by atoms with E-state index in [1.807, 2.05) is 66.7 Å². The standard InChI is InChI=1S/C22H27N3O2/c1-6-9-19(17-11-7-12-18(14-17)27-5)24(4)22(26)20-16(3)23-21-15(2)10-8-13-25(20)21/h7-8,10-14,19H,6,9H2,1-5H3/t19-/m0/s1. The molecule has 1 amide bonds. The van der Waals surface area contributed by atoms with Crippen LogP contribution in [0.5, 0.6) is 5.75 Å². The summed E-state index contributed by atoms with van der Waals surface area (Å²) >= 11 is 0. The van der Waals surface area contributed by atoms with Crippen molar-refractivity contribution in [1.82, 2.24) is 14.3 Å². The van der Waals surface area contributed by atoms with Gasteiger partial charge < -0.3 is 9.64 Å². The highest BCUT2D eigenvalue weighted by atomic mass is 16.5. The van der Waals surface area contributed by atoms with E-state index in [4.69, 9.17) is 4.74 Å². The Kier molecular flexibility index (Phi) is 5.49. The fourth-order valence-corrected chi connectivity index (χ4v) is 3.59. The van der Waals surface area contributed by atoms with Gasteiger partial charge in [-0.3, -0.25) is 9.20 Å². The fourth-order valence-electron chi connectivity index (χ4n) is 3.59. The summed E-state index contributed by atoms with van der Waals surface area (Å²) in [6, 6.07) is 11.9. The fraction of sp³-hybridized carbons (Fsp3) is 0.364. The number of amides is 1. The van der Waals surface area contributed by atoms with Gasteiger partial charge in [-0.25, -0.2) is 4.98 Å². The summed E-state index contributed by atoms with van der Waals surface area (Å²) in [5, 5.41) is 0. The lowest BCUT2D eigenvalue weighted by atomic mass is 10.00. The molecule has 0 aliphatic carbocycles. The van der Waals surface area contributed by atoms with E-state index in [1.54, 1.807) is 7.11 Å². The largest absolute Gasteiger partial charge is 0.497 e. The van der Waals surface area contributed by atoms with E-state index in [0.29, 0.717) is 5.69 Å². The molecule has 0 fully saturated rings. The molecule has 0 aliphatic rings. The van der Waals surface area contributed by atoms with Crippen LogP contribution in [-0.2, 0) is 0 Å². The van der Waals surface area contributed by atoms with Gasteiger partial charge in [0, 0.05) is 13.2 Å². The van der Waals surface area contributed by atoms with Gasteiger partial charge in [0.1, 0.15) is 17.1 Å². The van der Waals surface area contributed by atoms with Crippen LogP contribution in [0.2, 0.25) is 0 Å². The molecule has 1 aromatic carbocycles. The van der Waals surface area contributed by atoms with Crippen LogP contribution in [0, 0.1) is 13.8 Å². The molecule has 0 N–H and O–H groups in total. The van der Waals surface area contributed by atoms with Crippen molar-refractivity contribution in [3.05, 3.63) is 65.1 Å². The molecular weight excluding hydrogens is 338 g/mol. The third-order valence-corrected chi connectivity index (χ3v) is 5.05. The number of hydrogen-bond acceptors (Lipinski definition) is 3. The second-order valence-corrected chi connectivity index (χ2v) is 6.93. The van der Waals surface area contributed by atoms with Gasteiger partial charge in [-0.1, -0.05) is 31.5 Å². The molecule has 0 radical (unpaired) electrons. The number of nitrogens with zero attached hydrogens (tertiary/aromatic N) is 3. The summed E-state index contributed by atoms with van der Waals surface area (Å²) in [5.41, 5.74) is 4.34. The van der Waals surface area contributed by atoms with Crippen LogP contribution in [0.25, 0.3) is 5.65 Å². The van der Waals surface area contributed by atoms with Gasteiger partial charge in [-0.15, -0.1) is 0 Å². The first kappa shape index (κ1) is 19.0. The number of methoxy groups -OCH3 is 1. The number of ether oxygens (including phenoxy) is 1. The molecule has 3 rings (SSSR count). The smallest absolute Gasteiger partial charge is 0.273 e.